The fraction of sp³-hybridized carbons (Fsp3) is 0.125. The van der Waals surface area contributed by atoms with Crippen LogP contribution in [-0.4, -0.2) is 38.6 Å². The minimum atomic E-state index is -0.359. The molecule has 0 saturated carbocycles. The highest BCUT2D eigenvalue weighted by Crippen LogP contribution is 2.08. The molecule has 0 bridgehead atoms. The first-order valence-electron chi connectivity index (χ1n) is 4.21. The number of carbonyl (C=O) groups excluding carboxylic acids is 1. The first kappa shape index (κ1) is 9.25. The maximum absolute atomic E-state index is 11.7. The smallest absolute Gasteiger partial charge is 0.293 e. The monoisotopic (exact) mass is 204 g/mol. The number of amides is 1. The molecule has 2 rings (SSSR count). The number of aromatic amines is 1. The van der Waals surface area contributed by atoms with Crippen molar-refractivity contribution in [1.82, 2.24) is 25.6 Å². The van der Waals surface area contributed by atoms with E-state index in [1.807, 2.05) is 0 Å². The summed E-state index contributed by atoms with van der Waals surface area (Å²) in [6, 6.07) is 5.29. The summed E-state index contributed by atoms with van der Waals surface area (Å²) in [5, 5.41) is 12.7. The van der Waals surface area contributed by atoms with E-state index in [4.69, 9.17) is 0 Å². The van der Waals surface area contributed by atoms with Gasteiger partial charge in [-0.25, -0.2) is 4.98 Å². The fourth-order valence-corrected chi connectivity index (χ4v) is 1.06. The van der Waals surface area contributed by atoms with Gasteiger partial charge < -0.3 is 0 Å². The van der Waals surface area contributed by atoms with Gasteiger partial charge in [-0.3, -0.25) is 9.69 Å². The topological polar surface area (TPSA) is 87.7 Å². The van der Waals surface area contributed by atoms with Gasteiger partial charge in [-0.2, -0.15) is 5.21 Å². The van der Waals surface area contributed by atoms with Crippen molar-refractivity contribution in [1.29, 1.82) is 0 Å². The van der Waals surface area contributed by atoms with Crippen molar-refractivity contribution in [2.75, 3.05) is 11.9 Å². The number of anilines is 1. The van der Waals surface area contributed by atoms with E-state index in [0.717, 1.165) is 0 Å². The molecule has 1 amide bonds. The van der Waals surface area contributed by atoms with Crippen LogP contribution in [0, 0.1) is 0 Å². The summed E-state index contributed by atoms with van der Waals surface area (Å²) in [6.07, 6.45) is 1.61. The number of nitrogens with zero attached hydrogens (tertiary/aromatic N) is 5. The van der Waals surface area contributed by atoms with Crippen LogP contribution in [0.5, 0.6) is 0 Å². The summed E-state index contributed by atoms with van der Waals surface area (Å²) >= 11 is 0. The lowest BCUT2D eigenvalue weighted by molar-refractivity contribution is 0.0982. The van der Waals surface area contributed by atoms with Crippen LogP contribution >= 0.6 is 0 Å². The van der Waals surface area contributed by atoms with Gasteiger partial charge in [0.2, 0.25) is 0 Å². The lowest BCUT2D eigenvalue weighted by Gasteiger charge is -2.12. The molecule has 0 aliphatic carbocycles. The Morgan fingerprint density at radius 1 is 1.47 bits per heavy atom. The number of nitrogens with one attached hydrogen (secondary N) is 1. The van der Waals surface area contributed by atoms with E-state index in [2.05, 4.69) is 25.6 Å². The van der Waals surface area contributed by atoms with Crippen LogP contribution < -0.4 is 4.90 Å². The second-order valence-corrected chi connectivity index (χ2v) is 2.79. The van der Waals surface area contributed by atoms with Crippen LogP contribution in [0.4, 0.5) is 5.82 Å². The number of hydrogen-bond donors (Lipinski definition) is 1. The zero-order chi connectivity index (χ0) is 10.7. The summed E-state index contributed by atoms with van der Waals surface area (Å²) in [4.78, 5) is 17.1. The molecular formula is C8H8N6O. The Labute approximate surface area is 85.1 Å². The van der Waals surface area contributed by atoms with E-state index in [9.17, 15) is 4.79 Å². The van der Waals surface area contributed by atoms with Crippen molar-refractivity contribution in [3.8, 4) is 0 Å². The number of pyridine rings is 1. The Kier molecular flexibility index (Phi) is 2.36. The molecule has 0 saturated heterocycles. The number of tetrazole rings is 1. The molecule has 7 heteroatoms. The van der Waals surface area contributed by atoms with Gasteiger partial charge in [0.1, 0.15) is 5.82 Å². The molecule has 2 heterocycles. The van der Waals surface area contributed by atoms with E-state index in [1.54, 1.807) is 31.4 Å². The molecule has 2 aromatic rings. The third-order valence-electron chi connectivity index (χ3n) is 1.83. The molecule has 0 aliphatic heterocycles. The van der Waals surface area contributed by atoms with E-state index >= 15 is 0 Å². The highest BCUT2D eigenvalue weighted by Gasteiger charge is 2.17. The Hall–Kier alpha value is -2.31. The molecule has 15 heavy (non-hydrogen) atoms. The normalized spacial score (nSPS) is 9.93. The van der Waals surface area contributed by atoms with Crippen LogP contribution in [-0.2, 0) is 0 Å². The molecule has 1 N–H and O–H groups in total. The second-order valence-electron chi connectivity index (χ2n) is 2.79. The molecule has 0 aromatic carbocycles. The summed E-state index contributed by atoms with van der Waals surface area (Å²) in [5.41, 5.74) is 0. The predicted molar refractivity (Wildman–Crippen MR) is 51.1 cm³/mol. The van der Waals surface area contributed by atoms with Gasteiger partial charge in [0.15, 0.2) is 0 Å². The quantitative estimate of drug-likeness (QED) is 0.736. The third-order valence-corrected chi connectivity index (χ3v) is 1.83. The zero-order valence-corrected chi connectivity index (χ0v) is 7.95. The molecule has 0 radical (unpaired) electrons. The third kappa shape index (κ3) is 1.80. The summed E-state index contributed by atoms with van der Waals surface area (Å²) in [6.45, 7) is 0. The summed E-state index contributed by atoms with van der Waals surface area (Å²) in [7, 11) is 1.60. The average molecular weight is 204 g/mol. The molecule has 0 fully saturated rings. The molecule has 0 spiro atoms. The minimum Gasteiger partial charge on any atom is -0.293 e. The first-order valence-corrected chi connectivity index (χ1v) is 4.21. The Morgan fingerprint density at radius 3 is 2.93 bits per heavy atom. The van der Waals surface area contributed by atoms with Crippen molar-refractivity contribution >= 4 is 11.7 Å². The fourth-order valence-electron chi connectivity index (χ4n) is 1.06. The van der Waals surface area contributed by atoms with Crippen LogP contribution in [0.3, 0.4) is 0 Å². The van der Waals surface area contributed by atoms with E-state index < -0.39 is 0 Å². The maximum atomic E-state index is 11.7. The SMILES string of the molecule is CN(C(=O)c1nn[nH]n1)c1ccccn1. The largest absolute Gasteiger partial charge is 0.300 e. The molecule has 0 aliphatic rings. The van der Waals surface area contributed by atoms with E-state index in [-0.39, 0.29) is 11.7 Å². The zero-order valence-electron chi connectivity index (χ0n) is 7.95. The van der Waals surface area contributed by atoms with Gasteiger partial charge >= 0.3 is 5.91 Å². The van der Waals surface area contributed by atoms with Gasteiger partial charge in [0, 0.05) is 13.2 Å². The van der Waals surface area contributed by atoms with Crippen LogP contribution in [0.1, 0.15) is 10.6 Å². The average Bonchev–Trinajstić information content (AvgIpc) is 2.82. The van der Waals surface area contributed by atoms with Crippen LogP contribution in [0.25, 0.3) is 0 Å². The van der Waals surface area contributed by atoms with Crippen LogP contribution in [0.15, 0.2) is 24.4 Å². The van der Waals surface area contributed by atoms with Gasteiger partial charge in [-0.1, -0.05) is 6.07 Å². The van der Waals surface area contributed by atoms with Crippen molar-refractivity contribution in [2.24, 2.45) is 0 Å². The number of H-pyrrole nitrogens is 1. The highest BCUT2D eigenvalue weighted by molar-refractivity contribution is 6.02. The van der Waals surface area contributed by atoms with Gasteiger partial charge in [0.25, 0.3) is 5.82 Å². The van der Waals surface area contributed by atoms with Crippen molar-refractivity contribution in [3.05, 3.63) is 30.2 Å². The van der Waals surface area contributed by atoms with E-state index in [0.29, 0.717) is 5.82 Å². The van der Waals surface area contributed by atoms with E-state index in [1.165, 1.54) is 4.90 Å². The molecular weight excluding hydrogens is 196 g/mol. The Morgan fingerprint density at radius 2 is 2.33 bits per heavy atom. The number of rotatable bonds is 2. The molecule has 7 nitrogen and oxygen atoms in total. The lowest BCUT2D eigenvalue weighted by atomic mass is 10.4. The van der Waals surface area contributed by atoms with Gasteiger partial charge in [-0.15, -0.1) is 10.2 Å². The minimum absolute atomic E-state index is 0.0168. The standard InChI is InChI=1S/C8H8N6O/c1-14(6-4-2-3-5-9-6)8(15)7-10-12-13-11-7/h2-5H,1H3,(H,10,11,12,13). The number of aromatic nitrogens is 5. The van der Waals surface area contributed by atoms with Gasteiger partial charge in [0.05, 0.1) is 0 Å². The first-order chi connectivity index (χ1) is 7.29. The molecule has 76 valence electrons. The second kappa shape index (κ2) is 3.82. The maximum Gasteiger partial charge on any atom is 0.300 e. The Bertz CT molecular complexity index is 439. The van der Waals surface area contributed by atoms with Gasteiger partial charge in [-0.05, 0) is 17.3 Å². The molecule has 0 unspecified atom stereocenters. The van der Waals surface area contributed by atoms with Crippen molar-refractivity contribution < 1.29 is 4.79 Å². The summed E-state index contributed by atoms with van der Waals surface area (Å²) in [5.74, 6) is 0.193. The lowest BCUT2D eigenvalue weighted by Crippen LogP contribution is -2.28. The Balaban J connectivity index is 2.23. The molecule has 2 aromatic heterocycles. The number of carbonyl (C=O) groups is 1. The molecule has 0 atom stereocenters. The number of hydrogen-bond acceptors (Lipinski definition) is 5. The van der Waals surface area contributed by atoms with Crippen LogP contribution in [0.2, 0.25) is 0 Å². The predicted octanol–water partition coefficient (Wildman–Crippen LogP) is -0.129. The van der Waals surface area contributed by atoms with Crippen molar-refractivity contribution in [3.63, 3.8) is 0 Å². The highest BCUT2D eigenvalue weighted by atomic mass is 16.2. The summed E-state index contributed by atoms with van der Waals surface area (Å²) < 4.78 is 0. The van der Waals surface area contributed by atoms with Crippen molar-refractivity contribution in [2.45, 2.75) is 0 Å².